The van der Waals surface area contributed by atoms with Gasteiger partial charge in [0.05, 0.1) is 53.7 Å². The van der Waals surface area contributed by atoms with E-state index in [1.807, 2.05) is 0 Å². The molecule has 426 valence electrons. The standard InChI is InChI=1S/C50H31N9O19S6/c60-50-34-8-4-29(59-57-45-12-11-37-40(48(45)58-59)23-33(82(70,71)72)24-46(37)83(73,74)75)18-27(34)20-47(84(76,77)78)49(50)56-55-44-16-14-42(36-10-7-32(22-39(36)44)81(67,68)69)53-54-43-15-13-41(35-9-6-31(21-38(35)43)80(64,65)66)52-51-28-3-1-26-19-30(79(61,62)63)5-2-25(26)17-28/h1-24,60H,(H,61,62,63)(H,64,65,66)(H,67,68,69)(H,70,71,72)(H,73,74,75)(H,76,77,78). The molecule has 11 aromatic rings. The Morgan fingerprint density at radius 1 is 0.333 bits per heavy atom. The molecule has 0 aliphatic heterocycles. The van der Waals surface area contributed by atoms with Crippen molar-refractivity contribution in [3.8, 4) is 11.4 Å². The highest BCUT2D eigenvalue weighted by atomic mass is 32.2. The van der Waals surface area contributed by atoms with Crippen LogP contribution in [-0.4, -0.2) is 97.9 Å². The lowest BCUT2D eigenvalue weighted by Gasteiger charge is -2.11. The van der Waals surface area contributed by atoms with Crippen LogP contribution >= 0.6 is 0 Å². The molecule has 1 aromatic heterocycles. The Bertz CT molecular complexity index is 5590. The third-order valence-electron chi connectivity index (χ3n) is 12.9. The molecule has 28 nitrogen and oxygen atoms in total. The number of fused-ring (bicyclic) bond motifs is 7. The summed E-state index contributed by atoms with van der Waals surface area (Å²) in [5.74, 6) is -0.853. The third-order valence-corrected chi connectivity index (χ3v) is 18.0. The second kappa shape index (κ2) is 20.1. The number of aromatic hydroxyl groups is 1. The van der Waals surface area contributed by atoms with Crippen molar-refractivity contribution in [1.82, 2.24) is 15.0 Å². The fraction of sp³-hybridized carbons (Fsp3) is 0. The first-order valence-corrected chi connectivity index (χ1v) is 31.9. The van der Waals surface area contributed by atoms with Gasteiger partial charge in [0.15, 0.2) is 5.75 Å². The number of azo groups is 3. The quantitative estimate of drug-likeness (QED) is 0.0416. The smallest absolute Gasteiger partial charge is 0.296 e. The monoisotopic (exact) mass is 1250 g/mol. The fourth-order valence-corrected chi connectivity index (χ4v) is 12.5. The lowest BCUT2D eigenvalue weighted by molar-refractivity contribution is 0.472. The molecule has 0 saturated carbocycles. The van der Waals surface area contributed by atoms with Gasteiger partial charge in [0.1, 0.15) is 26.5 Å². The minimum atomic E-state index is -5.28. The Kier molecular flexibility index (Phi) is 13.6. The van der Waals surface area contributed by atoms with Gasteiger partial charge >= 0.3 is 0 Å². The Balaban J connectivity index is 0.964. The molecule has 1 heterocycles. The van der Waals surface area contributed by atoms with Crippen LogP contribution in [0, 0.1) is 0 Å². The maximum atomic E-state index is 13.0. The number of aromatic nitrogens is 3. The lowest BCUT2D eigenvalue weighted by Crippen LogP contribution is -2.04. The third kappa shape index (κ3) is 10.9. The van der Waals surface area contributed by atoms with Crippen LogP contribution < -0.4 is 0 Å². The number of phenols is 1. The summed E-state index contributed by atoms with van der Waals surface area (Å²) in [4.78, 5) is -3.27. The summed E-state index contributed by atoms with van der Waals surface area (Å²) in [6, 6.07) is 29.5. The number of hydrogen-bond acceptors (Lipinski definition) is 21. The molecule has 0 aliphatic rings. The van der Waals surface area contributed by atoms with Gasteiger partial charge in [-0.2, -0.15) is 60.4 Å². The summed E-state index contributed by atoms with van der Waals surface area (Å²) in [6.45, 7) is 0. The van der Waals surface area contributed by atoms with Gasteiger partial charge < -0.3 is 5.11 Å². The highest BCUT2D eigenvalue weighted by Crippen LogP contribution is 2.45. The van der Waals surface area contributed by atoms with Crippen molar-refractivity contribution in [2.24, 2.45) is 30.7 Å². The van der Waals surface area contributed by atoms with Crippen LogP contribution in [0.15, 0.2) is 206 Å². The van der Waals surface area contributed by atoms with Gasteiger partial charge in [-0.3, -0.25) is 27.3 Å². The van der Waals surface area contributed by atoms with Crippen LogP contribution in [-0.2, 0) is 60.7 Å². The van der Waals surface area contributed by atoms with Crippen LogP contribution in [0.4, 0.5) is 34.1 Å². The largest absolute Gasteiger partial charge is 0.505 e. The van der Waals surface area contributed by atoms with Gasteiger partial charge in [-0.05, 0) is 131 Å². The molecule has 0 amide bonds. The number of rotatable bonds is 13. The van der Waals surface area contributed by atoms with E-state index >= 15 is 0 Å². The first-order chi connectivity index (χ1) is 39.3. The second-order valence-corrected chi connectivity index (χ2v) is 26.6. The summed E-state index contributed by atoms with van der Waals surface area (Å²) in [5.41, 5.74) is -0.551. The molecule has 0 aliphatic carbocycles. The minimum Gasteiger partial charge on any atom is -0.505 e. The van der Waals surface area contributed by atoms with E-state index < -0.39 is 96.6 Å². The summed E-state index contributed by atoms with van der Waals surface area (Å²) in [5, 5.41) is 46.5. The average Bonchev–Trinajstić information content (AvgIpc) is 2.06. The van der Waals surface area contributed by atoms with Gasteiger partial charge in [-0.1, -0.05) is 30.3 Å². The first-order valence-electron chi connectivity index (χ1n) is 23.2. The summed E-state index contributed by atoms with van der Waals surface area (Å²) < 4.78 is 207. The molecule has 34 heteroatoms. The summed E-state index contributed by atoms with van der Waals surface area (Å²) in [6.07, 6.45) is 0. The average molecular weight is 1250 g/mol. The molecule has 0 fully saturated rings. The molecule has 0 saturated heterocycles. The molecule has 0 radical (unpaired) electrons. The fourth-order valence-electron chi connectivity index (χ4n) is 9.01. The van der Waals surface area contributed by atoms with Crippen LogP contribution in [0.2, 0.25) is 0 Å². The molecule has 0 atom stereocenters. The molecular formula is C50H31N9O19S6. The molecule has 10 aromatic carbocycles. The highest BCUT2D eigenvalue weighted by molar-refractivity contribution is 7.87. The molecule has 0 unspecified atom stereocenters. The summed E-state index contributed by atoms with van der Waals surface area (Å²) in [7, 11) is -29.5. The Morgan fingerprint density at radius 2 is 0.798 bits per heavy atom. The van der Waals surface area contributed by atoms with E-state index in [1.165, 1.54) is 91.0 Å². The normalized spacial score (nSPS) is 13.4. The van der Waals surface area contributed by atoms with E-state index in [0.717, 1.165) is 41.2 Å². The van der Waals surface area contributed by atoms with Gasteiger partial charge in [0, 0.05) is 37.7 Å². The molecule has 0 bridgehead atoms. The SMILES string of the molecule is O=S(=O)(O)c1ccc2cc(N=Nc3ccc(N=Nc4ccc(N=Nc5c(S(=O)(=O)O)cc6cc(-n7nc8ccc9c(S(=O)(=O)O)cc(S(=O)(=O)O)cc9c8n7)ccc6c5O)c5cc(S(=O)(=O)O)ccc45)c4cc(S(=O)(=O)O)ccc34)ccc2c1. The van der Waals surface area contributed by atoms with E-state index in [1.54, 1.807) is 12.1 Å². The highest BCUT2D eigenvalue weighted by Gasteiger charge is 2.26. The van der Waals surface area contributed by atoms with Crippen LogP contribution in [0.25, 0.3) is 70.6 Å². The van der Waals surface area contributed by atoms with E-state index in [-0.39, 0.29) is 87.5 Å². The minimum absolute atomic E-state index is 0.00450. The van der Waals surface area contributed by atoms with E-state index in [9.17, 15) is 82.9 Å². The van der Waals surface area contributed by atoms with E-state index in [0.29, 0.717) is 22.5 Å². The number of phenolic OH excluding ortho intramolecular Hbond substituents is 1. The molecular weight excluding hydrogens is 1220 g/mol. The van der Waals surface area contributed by atoms with Crippen molar-refractivity contribution in [3.63, 3.8) is 0 Å². The summed E-state index contributed by atoms with van der Waals surface area (Å²) >= 11 is 0. The van der Waals surface area contributed by atoms with Crippen LogP contribution in [0.3, 0.4) is 0 Å². The maximum absolute atomic E-state index is 13.0. The lowest BCUT2D eigenvalue weighted by atomic mass is 10.1. The zero-order chi connectivity index (χ0) is 60.2. The molecule has 11 rings (SSSR count). The predicted octanol–water partition coefficient (Wildman–Crippen LogP) is 10.6. The second-order valence-electron chi connectivity index (χ2n) is 18.2. The van der Waals surface area contributed by atoms with Gasteiger partial charge in [0.25, 0.3) is 60.7 Å². The number of nitrogens with zero attached hydrogens (tertiary/aromatic N) is 9. The van der Waals surface area contributed by atoms with E-state index in [2.05, 4.69) is 40.9 Å². The topological polar surface area (TPSA) is 451 Å². The van der Waals surface area contributed by atoms with Crippen molar-refractivity contribution < 1.29 is 82.9 Å². The van der Waals surface area contributed by atoms with Crippen molar-refractivity contribution in [1.29, 1.82) is 0 Å². The number of hydrogen-bond donors (Lipinski definition) is 7. The molecule has 7 N–H and O–H groups in total. The zero-order valence-corrected chi connectivity index (χ0v) is 46.3. The van der Waals surface area contributed by atoms with E-state index in [4.69, 9.17) is 0 Å². The van der Waals surface area contributed by atoms with Crippen molar-refractivity contribution in [3.05, 3.63) is 146 Å². The zero-order valence-electron chi connectivity index (χ0n) is 41.4. The Morgan fingerprint density at radius 3 is 1.36 bits per heavy atom. The van der Waals surface area contributed by atoms with Crippen LogP contribution in [0.5, 0.6) is 5.75 Å². The van der Waals surface area contributed by atoms with Gasteiger partial charge in [-0.15, -0.1) is 35.8 Å². The molecule has 0 spiro atoms. The van der Waals surface area contributed by atoms with Crippen molar-refractivity contribution in [2.75, 3.05) is 0 Å². The maximum Gasteiger partial charge on any atom is 0.296 e. The van der Waals surface area contributed by atoms with Crippen molar-refractivity contribution >= 4 is 160 Å². The van der Waals surface area contributed by atoms with Gasteiger partial charge in [0.2, 0.25) is 0 Å². The van der Waals surface area contributed by atoms with Gasteiger partial charge in [-0.25, -0.2) is 0 Å². The molecule has 84 heavy (non-hydrogen) atoms. The van der Waals surface area contributed by atoms with Crippen molar-refractivity contribution in [2.45, 2.75) is 29.4 Å². The Labute approximate surface area is 471 Å². The number of benzene rings is 10. The Hall–Kier alpha value is -9.04. The predicted molar refractivity (Wildman–Crippen MR) is 299 cm³/mol. The first kappa shape index (κ1) is 56.8. The van der Waals surface area contributed by atoms with Crippen LogP contribution in [0.1, 0.15) is 0 Å².